The maximum Gasteiger partial charge on any atom is 0.192 e. The predicted octanol–water partition coefficient (Wildman–Crippen LogP) is 12.9. The van der Waals surface area contributed by atoms with Crippen LogP contribution in [0.1, 0.15) is 0 Å². The molecule has 0 aromatic rings. The van der Waals surface area contributed by atoms with Crippen LogP contribution in [0.4, 0.5) is 0 Å². The summed E-state index contributed by atoms with van der Waals surface area (Å²) >= 11 is 43.2. The van der Waals surface area contributed by atoms with Crippen molar-refractivity contribution in [3.63, 3.8) is 0 Å². The van der Waals surface area contributed by atoms with E-state index < -0.39 is 3.04 Å². The fourth-order valence-electron chi connectivity index (χ4n) is 1.32. The van der Waals surface area contributed by atoms with Crippen molar-refractivity contribution in [1.29, 1.82) is 0 Å². The van der Waals surface area contributed by atoms with E-state index in [4.69, 9.17) is 0 Å². The summed E-state index contributed by atoms with van der Waals surface area (Å²) in [4.78, 5) is 0. The van der Waals surface area contributed by atoms with Gasteiger partial charge in [-0.2, -0.15) is 0 Å². The summed E-state index contributed by atoms with van der Waals surface area (Å²) in [5.41, 5.74) is 0. The molecule has 0 aliphatic rings. The number of alkyl halides is 17. The van der Waals surface area contributed by atoms with Gasteiger partial charge in [0.25, 0.3) is 0 Å². The van der Waals surface area contributed by atoms with Crippen molar-refractivity contribution in [1.82, 2.24) is 0 Å². The van der Waals surface area contributed by atoms with E-state index >= 15 is 0 Å². The lowest BCUT2D eigenvalue weighted by molar-refractivity contribution is 0.257. The minimum atomic E-state index is -0.892. The first-order valence-electron chi connectivity index (χ1n) is 5.19. The zero-order valence-corrected chi connectivity index (χ0v) is 47.6. The van der Waals surface area contributed by atoms with Gasteiger partial charge in [0.2, 0.25) is 0 Å². The highest BCUT2D eigenvalue weighted by atomic mass is 127. The number of rotatable bonds is 7. The van der Waals surface area contributed by atoms with E-state index in [0.717, 1.165) is 0 Å². The Morgan fingerprint density at radius 1 is 0.346 bits per heavy atom. The fourth-order valence-corrected chi connectivity index (χ4v) is 31.9. The molecule has 0 saturated carbocycles. The Balaban J connectivity index is 6.86. The van der Waals surface area contributed by atoms with Crippen LogP contribution in [0.3, 0.4) is 0 Å². The number of hydrogen-bond donors (Lipinski definition) is 1. The summed E-state index contributed by atoms with van der Waals surface area (Å²) in [6.07, 6.45) is 0. The highest BCUT2D eigenvalue weighted by molar-refractivity contribution is 14.3. The summed E-state index contributed by atoms with van der Waals surface area (Å²) in [5, 5.41) is 11.0. The van der Waals surface area contributed by atoms with E-state index in [9.17, 15) is 5.11 Å². The van der Waals surface area contributed by atoms with Crippen LogP contribution >= 0.6 is 384 Å². The van der Waals surface area contributed by atoms with Gasteiger partial charge in [-0.1, -0.05) is 339 Å². The van der Waals surface area contributed by atoms with Crippen molar-refractivity contribution >= 4 is 384 Å². The zero-order valence-electron chi connectivity index (χ0n) is 10.9. The number of halogens is 17. The molecule has 0 rings (SSSR count). The van der Waals surface area contributed by atoms with E-state index in [2.05, 4.69) is 384 Å². The molecule has 0 heterocycles. The number of hydrogen-bond acceptors (Lipinski definition) is 1. The topological polar surface area (TPSA) is 20.2 Å². The Labute approximate surface area is 386 Å². The minimum absolute atomic E-state index is 0.0259. The van der Waals surface area contributed by atoms with Gasteiger partial charge in [0.15, 0.2) is 1.61 Å². The lowest BCUT2D eigenvalue weighted by Gasteiger charge is -2.59. The van der Waals surface area contributed by atoms with Gasteiger partial charge in [0, 0.05) is 0 Å². The predicted molar refractivity (Wildman–Crippen MR) is 262 cm³/mol. The average molecular weight is 2270 g/mol. The van der Waals surface area contributed by atoms with Gasteiger partial charge in [-0.15, -0.1) is 0 Å². The summed E-state index contributed by atoms with van der Waals surface area (Å²) in [6.45, 7) is 0. The van der Waals surface area contributed by atoms with Gasteiger partial charge >= 0.3 is 0 Å². The van der Waals surface area contributed by atoms with Crippen LogP contribution in [0.25, 0.3) is 0 Å². The molecule has 0 unspecified atom stereocenters. The van der Waals surface area contributed by atoms with Crippen molar-refractivity contribution in [2.45, 2.75) is 9.62 Å². The van der Waals surface area contributed by atoms with Crippen LogP contribution in [0.5, 0.6) is 0 Å². The maximum atomic E-state index is 11.0. The Hall–Kier alpha value is 12.4. The summed E-state index contributed by atoms with van der Waals surface area (Å²) in [6, 6.07) is 0. The Morgan fingerprint density at radius 2 is 0.577 bits per heavy atom. The zero-order chi connectivity index (χ0) is 22.0. The second kappa shape index (κ2) is 13.6. The van der Waals surface area contributed by atoms with Gasteiger partial charge in [0.1, 0.15) is 8.01 Å². The molecule has 158 valence electrons. The molecular formula is C8HI17O. The van der Waals surface area contributed by atoms with Gasteiger partial charge in [-0.3, -0.25) is 0 Å². The first kappa shape index (κ1) is 38.4. The monoisotopic (exact) mass is 2270 g/mol. The van der Waals surface area contributed by atoms with Gasteiger partial charge in [-0.05, 0) is 45.2 Å². The smallest absolute Gasteiger partial charge is 0.192 e. The van der Waals surface area contributed by atoms with Crippen molar-refractivity contribution in [3.05, 3.63) is 0 Å². The molecule has 0 atom stereocenters. The molecule has 1 N–H and O–H groups in total. The van der Waals surface area contributed by atoms with Crippen LogP contribution in [0.2, 0.25) is 0 Å². The summed E-state index contributed by atoms with van der Waals surface area (Å²) in [7, 11) is 0. The van der Waals surface area contributed by atoms with E-state index in [1.165, 1.54) is 0 Å². The van der Waals surface area contributed by atoms with Crippen molar-refractivity contribution in [2.24, 2.45) is 0 Å². The third kappa shape index (κ3) is 8.01. The molecule has 18 heteroatoms. The molecule has 0 saturated heterocycles. The van der Waals surface area contributed by atoms with Crippen LogP contribution in [0, 0.1) is 0 Å². The molecule has 0 aromatic heterocycles. The molecule has 0 bridgehead atoms. The summed E-state index contributed by atoms with van der Waals surface area (Å²) < 4.78 is -2.08. The van der Waals surface area contributed by atoms with E-state index in [0.29, 0.717) is 0 Å². The van der Waals surface area contributed by atoms with Crippen LogP contribution < -0.4 is 0 Å². The lowest BCUT2D eigenvalue weighted by Crippen LogP contribution is -2.70. The van der Waals surface area contributed by atoms with Crippen molar-refractivity contribution in [3.8, 4) is 0 Å². The normalized spacial score (nSPS) is 16.8. The SMILES string of the molecule is OC(I)(I)C(I)(I)C(I)(I)C(I)(I)C(I)(I)C(I)(C(I)(I)I)C(I)(I)I. The van der Waals surface area contributed by atoms with Gasteiger partial charge in [0.05, 0.1) is 0 Å². The molecule has 0 aromatic carbocycles. The Kier molecular flexibility index (Phi) is 20.0. The van der Waals surface area contributed by atoms with E-state index in [-0.39, 0.29) is 6.58 Å². The molecule has 0 radical (unpaired) electrons. The van der Waals surface area contributed by atoms with Crippen molar-refractivity contribution < 1.29 is 5.11 Å². The average Bonchev–Trinajstić information content (AvgIpc) is 2.32. The molecular weight excluding hydrogens is 2270 g/mol. The lowest BCUT2D eigenvalue weighted by atomic mass is 10.0. The molecule has 1 nitrogen and oxygen atoms in total. The second-order valence-corrected chi connectivity index (χ2v) is 54.6. The summed E-state index contributed by atoms with van der Waals surface area (Å²) in [5.74, 6) is 0. The second-order valence-electron chi connectivity index (χ2n) is 4.49. The van der Waals surface area contributed by atoms with Crippen LogP contribution in [0.15, 0.2) is 0 Å². The third-order valence-corrected chi connectivity index (χ3v) is 49.3. The van der Waals surface area contributed by atoms with Crippen LogP contribution in [-0.2, 0) is 0 Å². The fraction of sp³-hybridized carbons (Fsp3) is 1.00. The molecule has 0 aliphatic carbocycles. The first-order valence-corrected chi connectivity index (χ1v) is 23.5. The largest absolute Gasteiger partial charge is 0.369 e. The molecule has 0 fully saturated rings. The molecule has 0 amide bonds. The minimum Gasteiger partial charge on any atom is -0.369 e. The van der Waals surface area contributed by atoms with Gasteiger partial charge in [-0.25, -0.2) is 0 Å². The van der Waals surface area contributed by atoms with E-state index in [1.54, 1.807) is 0 Å². The number of aliphatic hydroxyl groups is 1. The highest BCUT2D eigenvalue weighted by Gasteiger charge is 2.78. The standard InChI is InChI=1S/C8HI17O/c9-1(6(18,19)20,7(21,22)23)2(10,11)3(12,13)4(14,15)5(16,17)8(24,25)26/h26H. The molecule has 26 heavy (non-hydrogen) atoms. The van der Waals surface area contributed by atoms with Gasteiger partial charge < -0.3 is 5.11 Å². The van der Waals surface area contributed by atoms with E-state index in [1.807, 2.05) is 0 Å². The van der Waals surface area contributed by atoms with Crippen LogP contribution in [-0.4, -0.2) is 14.7 Å². The first-order chi connectivity index (χ1) is 10.8. The molecule has 0 aliphatic heterocycles. The maximum absolute atomic E-state index is 11.0. The quantitative estimate of drug-likeness (QED) is 0.199. The molecule has 0 spiro atoms. The Bertz CT molecular complexity index is 504. The Morgan fingerprint density at radius 3 is 0.769 bits per heavy atom. The highest BCUT2D eigenvalue weighted by Crippen LogP contribution is 2.80. The van der Waals surface area contributed by atoms with Crippen molar-refractivity contribution in [2.75, 3.05) is 0 Å². The third-order valence-electron chi connectivity index (χ3n) is 2.77.